The Morgan fingerprint density at radius 1 is 0.844 bits per heavy atom. The molecule has 4 rings (SSSR count). The van der Waals surface area contributed by atoms with Gasteiger partial charge in [-0.05, 0) is 58.9 Å². The summed E-state index contributed by atoms with van der Waals surface area (Å²) in [5.74, 6) is 0.428. The number of fused-ring (bicyclic) bond motifs is 3. The zero-order chi connectivity index (χ0) is 32.3. The molecule has 240 valence electrons. The van der Waals surface area contributed by atoms with Crippen molar-refractivity contribution >= 4 is 23.0 Å². The molecule has 0 radical (unpaired) electrons. The molecule has 0 aromatic heterocycles. The van der Waals surface area contributed by atoms with Crippen LogP contribution >= 0.6 is 11.8 Å². The fraction of sp³-hybridized carbons (Fsp3) is 0.421. The van der Waals surface area contributed by atoms with Crippen LogP contribution in [0, 0.1) is 17.8 Å². The number of aliphatic hydroxyl groups excluding tert-OH is 2. The highest BCUT2D eigenvalue weighted by atomic mass is 32.2. The van der Waals surface area contributed by atoms with E-state index in [0.717, 1.165) is 27.8 Å². The second-order valence-electron chi connectivity index (χ2n) is 12.8. The summed E-state index contributed by atoms with van der Waals surface area (Å²) in [6.07, 6.45) is 2.25. The maximum absolute atomic E-state index is 13.1. The van der Waals surface area contributed by atoms with Gasteiger partial charge in [-0.2, -0.15) is 0 Å². The second kappa shape index (κ2) is 16.8. The van der Waals surface area contributed by atoms with Crippen LogP contribution < -0.4 is 5.32 Å². The van der Waals surface area contributed by atoms with Gasteiger partial charge in [0.1, 0.15) is 6.61 Å². The van der Waals surface area contributed by atoms with Gasteiger partial charge in [-0.25, -0.2) is 4.79 Å². The van der Waals surface area contributed by atoms with E-state index in [0.29, 0.717) is 18.6 Å². The number of thioether (sulfide) groups is 1. The van der Waals surface area contributed by atoms with Crippen LogP contribution in [0.2, 0.25) is 0 Å². The van der Waals surface area contributed by atoms with Gasteiger partial charge in [0, 0.05) is 11.7 Å². The molecule has 1 amide bonds. The minimum atomic E-state index is -0.964. The van der Waals surface area contributed by atoms with Crippen molar-refractivity contribution in [3.8, 4) is 11.1 Å². The molecule has 4 atom stereocenters. The number of aliphatic hydroxyl groups is 2. The molecule has 0 spiro atoms. The van der Waals surface area contributed by atoms with E-state index in [1.807, 2.05) is 82.3 Å². The van der Waals surface area contributed by atoms with Gasteiger partial charge in [-0.3, -0.25) is 4.79 Å². The van der Waals surface area contributed by atoms with Crippen LogP contribution in [0.15, 0.2) is 91.0 Å². The first kappa shape index (κ1) is 34.5. The van der Waals surface area contributed by atoms with Gasteiger partial charge in [0.25, 0.3) is 0 Å². The standard InChI is InChI=1S/C38H47NO5S/c1-25(2)21-32(37(42)45-24-27-13-6-5-7-14-27)35(40)19-12-20-36(41)34(22-26(3)4)39-38(43)44-23-33-30-17-10-8-15-28(30)29-16-9-11-18-31(29)33/h5-19,25-26,32-36,40-41H,20-24H2,1-4H3,(H,39,43)/b19-12-/t32-,34+,35+,36+/m1/s1. The molecule has 0 unspecified atom stereocenters. The van der Waals surface area contributed by atoms with Crippen LogP contribution in [0.25, 0.3) is 11.1 Å². The number of amides is 1. The molecular weight excluding hydrogens is 582 g/mol. The van der Waals surface area contributed by atoms with Gasteiger partial charge in [0.05, 0.1) is 24.2 Å². The highest BCUT2D eigenvalue weighted by molar-refractivity contribution is 8.13. The highest BCUT2D eigenvalue weighted by Crippen LogP contribution is 2.44. The van der Waals surface area contributed by atoms with Crippen molar-refractivity contribution in [3.63, 3.8) is 0 Å². The molecule has 1 aliphatic rings. The van der Waals surface area contributed by atoms with Crippen LogP contribution in [-0.4, -0.2) is 46.3 Å². The number of alkyl carbamates (subject to hydrolysis) is 1. The van der Waals surface area contributed by atoms with E-state index in [-0.39, 0.29) is 35.9 Å². The van der Waals surface area contributed by atoms with E-state index >= 15 is 0 Å². The van der Waals surface area contributed by atoms with Crippen LogP contribution in [0.5, 0.6) is 0 Å². The lowest BCUT2D eigenvalue weighted by Crippen LogP contribution is -2.44. The molecule has 0 aliphatic heterocycles. The van der Waals surface area contributed by atoms with E-state index in [4.69, 9.17) is 4.74 Å². The summed E-state index contributed by atoms with van der Waals surface area (Å²) in [6, 6.07) is 25.7. The minimum Gasteiger partial charge on any atom is -0.449 e. The highest BCUT2D eigenvalue weighted by Gasteiger charge is 2.30. The molecule has 0 heterocycles. The zero-order valence-electron chi connectivity index (χ0n) is 26.8. The van der Waals surface area contributed by atoms with Crippen molar-refractivity contribution in [1.82, 2.24) is 5.32 Å². The van der Waals surface area contributed by atoms with E-state index in [2.05, 4.69) is 29.6 Å². The van der Waals surface area contributed by atoms with Crippen LogP contribution in [0.3, 0.4) is 0 Å². The van der Waals surface area contributed by atoms with Crippen LogP contribution in [0.1, 0.15) is 69.6 Å². The molecule has 0 fully saturated rings. The van der Waals surface area contributed by atoms with E-state index < -0.39 is 30.3 Å². The smallest absolute Gasteiger partial charge is 0.407 e. The lowest BCUT2D eigenvalue weighted by molar-refractivity contribution is -0.117. The van der Waals surface area contributed by atoms with E-state index in [1.165, 1.54) is 11.8 Å². The molecule has 7 heteroatoms. The second-order valence-corrected chi connectivity index (χ2v) is 13.7. The van der Waals surface area contributed by atoms with Crippen LogP contribution in [0.4, 0.5) is 4.79 Å². The maximum Gasteiger partial charge on any atom is 0.407 e. The number of nitrogens with one attached hydrogen (secondary N) is 1. The third-order valence-electron chi connectivity index (χ3n) is 8.21. The van der Waals surface area contributed by atoms with Gasteiger partial charge in [0.15, 0.2) is 5.12 Å². The summed E-state index contributed by atoms with van der Waals surface area (Å²) in [6.45, 7) is 8.34. The fourth-order valence-electron chi connectivity index (χ4n) is 5.99. The summed E-state index contributed by atoms with van der Waals surface area (Å²) in [7, 11) is 0. The average molecular weight is 630 g/mol. The molecule has 0 bridgehead atoms. The minimum absolute atomic E-state index is 0.0418. The Bertz CT molecular complexity index is 1380. The molecule has 0 saturated carbocycles. The predicted octanol–water partition coefficient (Wildman–Crippen LogP) is 7.73. The Hall–Kier alpha value is -3.39. The molecule has 1 aliphatic carbocycles. The van der Waals surface area contributed by atoms with Gasteiger partial charge >= 0.3 is 6.09 Å². The number of benzene rings is 3. The maximum atomic E-state index is 13.1. The third-order valence-corrected chi connectivity index (χ3v) is 9.28. The van der Waals surface area contributed by atoms with Gasteiger partial charge in [0.2, 0.25) is 0 Å². The summed E-state index contributed by atoms with van der Waals surface area (Å²) in [5.41, 5.74) is 5.67. The molecule has 3 aromatic carbocycles. The molecular formula is C38H47NO5S. The number of carbonyl (C=O) groups excluding carboxylic acids is 2. The van der Waals surface area contributed by atoms with Crippen molar-refractivity contribution < 1.29 is 24.5 Å². The number of carbonyl (C=O) groups is 2. The topological polar surface area (TPSA) is 95.9 Å². The monoisotopic (exact) mass is 629 g/mol. The zero-order valence-corrected chi connectivity index (χ0v) is 27.6. The number of hydrogen-bond donors (Lipinski definition) is 3. The van der Waals surface area contributed by atoms with Crippen molar-refractivity contribution in [1.29, 1.82) is 0 Å². The Labute approximate surface area is 272 Å². The molecule has 45 heavy (non-hydrogen) atoms. The van der Waals surface area contributed by atoms with Crippen molar-refractivity contribution in [2.45, 2.75) is 76.9 Å². The quantitative estimate of drug-likeness (QED) is 0.149. The third kappa shape index (κ3) is 9.80. The van der Waals surface area contributed by atoms with Crippen molar-refractivity contribution in [3.05, 3.63) is 108 Å². The first-order valence-electron chi connectivity index (χ1n) is 16.0. The van der Waals surface area contributed by atoms with Gasteiger partial charge < -0.3 is 20.3 Å². The summed E-state index contributed by atoms with van der Waals surface area (Å²) in [4.78, 5) is 26.1. The number of rotatable bonds is 15. The fourth-order valence-corrected chi connectivity index (χ4v) is 6.94. The molecule has 0 saturated heterocycles. The Kier molecular flexibility index (Phi) is 12.9. The summed E-state index contributed by atoms with van der Waals surface area (Å²) < 4.78 is 5.74. The van der Waals surface area contributed by atoms with Crippen LogP contribution in [-0.2, 0) is 15.3 Å². The molecule has 6 nitrogen and oxygen atoms in total. The molecule has 3 N–H and O–H groups in total. The van der Waals surface area contributed by atoms with E-state index in [9.17, 15) is 19.8 Å². The summed E-state index contributed by atoms with van der Waals surface area (Å²) in [5, 5.41) is 24.9. The lowest BCUT2D eigenvalue weighted by atomic mass is 9.92. The normalized spacial score (nSPS) is 15.5. The van der Waals surface area contributed by atoms with Crippen molar-refractivity contribution in [2.24, 2.45) is 17.8 Å². The Balaban J connectivity index is 1.33. The lowest BCUT2D eigenvalue weighted by Gasteiger charge is -2.25. The SMILES string of the molecule is CC(C)C[C@H](NC(=O)OCC1c2ccccc2-c2ccccc21)[C@@H](O)C/C=C\[C@H](O)[C@@H](CC(C)C)C(=O)SCc1ccccc1. The van der Waals surface area contributed by atoms with Crippen molar-refractivity contribution in [2.75, 3.05) is 6.61 Å². The van der Waals surface area contributed by atoms with E-state index in [1.54, 1.807) is 12.2 Å². The van der Waals surface area contributed by atoms with Gasteiger partial charge in [-0.1, -0.05) is 130 Å². The Morgan fingerprint density at radius 3 is 2.02 bits per heavy atom. The average Bonchev–Trinajstić information content (AvgIpc) is 3.34. The van der Waals surface area contributed by atoms with Gasteiger partial charge in [-0.15, -0.1) is 0 Å². The summed E-state index contributed by atoms with van der Waals surface area (Å²) >= 11 is 1.23. The molecule has 3 aromatic rings. The number of hydrogen-bond acceptors (Lipinski definition) is 6. The first-order valence-corrected chi connectivity index (χ1v) is 17.0. The largest absolute Gasteiger partial charge is 0.449 e. The Morgan fingerprint density at radius 2 is 1.42 bits per heavy atom. The first-order chi connectivity index (χ1) is 21.6. The predicted molar refractivity (Wildman–Crippen MR) is 183 cm³/mol. The number of ether oxygens (including phenoxy) is 1.